The molecule has 0 aliphatic rings. The summed E-state index contributed by atoms with van der Waals surface area (Å²) < 4.78 is 41.2. The second kappa shape index (κ2) is 7.03. The zero-order valence-corrected chi connectivity index (χ0v) is 13.3. The number of rotatable bonds is 5. The van der Waals surface area contributed by atoms with E-state index < -0.39 is 21.4 Å². The fourth-order valence-corrected chi connectivity index (χ4v) is 3.33. The van der Waals surface area contributed by atoms with E-state index in [4.69, 9.17) is 5.73 Å². The Morgan fingerprint density at radius 1 is 1.33 bits per heavy atom. The van der Waals surface area contributed by atoms with E-state index in [1.807, 2.05) is 13.8 Å². The summed E-state index contributed by atoms with van der Waals surface area (Å²) in [5, 5.41) is 0. The molecule has 0 aliphatic heterocycles. The highest BCUT2D eigenvalue weighted by Gasteiger charge is 2.29. The van der Waals surface area contributed by atoms with Gasteiger partial charge in [0, 0.05) is 11.1 Å². The average Bonchev–Trinajstić information content (AvgIpc) is 2.44. The minimum atomic E-state index is -3.91. The molecule has 6 heteroatoms. The van der Waals surface area contributed by atoms with Crippen molar-refractivity contribution in [2.24, 2.45) is 5.73 Å². The van der Waals surface area contributed by atoms with Crippen LogP contribution in [0.4, 0.5) is 4.39 Å². The molecular formula is C15H21FN2O2S. The Kier molecular flexibility index (Phi) is 5.90. The highest BCUT2D eigenvalue weighted by molar-refractivity contribution is 7.89. The largest absolute Gasteiger partial charge is 0.320 e. The molecule has 0 saturated heterocycles. The molecular weight excluding hydrogens is 291 g/mol. The Balaban J connectivity index is 3.15. The lowest BCUT2D eigenvalue weighted by Gasteiger charge is -2.27. The first-order chi connectivity index (χ1) is 9.78. The highest BCUT2D eigenvalue weighted by Crippen LogP contribution is 2.21. The molecule has 0 aliphatic carbocycles. The van der Waals surface area contributed by atoms with Gasteiger partial charge in [-0.2, -0.15) is 0 Å². The van der Waals surface area contributed by atoms with Crippen LogP contribution in [0, 0.1) is 17.7 Å². The Labute approximate surface area is 126 Å². The number of hydrogen-bond acceptors (Lipinski definition) is 3. The van der Waals surface area contributed by atoms with Crippen molar-refractivity contribution in [3.63, 3.8) is 0 Å². The van der Waals surface area contributed by atoms with Gasteiger partial charge in [0.05, 0.1) is 6.54 Å². The van der Waals surface area contributed by atoms with Gasteiger partial charge >= 0.3 is 0 Å². The van der Waals surface area contributed by atoms with Gasteiger partial charge < -0.3 is 5.73 Å². The summed E-state index contributed by atoms with van der Waals surface area (Å²) in [6.07, 6.45) is 1.23. The minimum absolute atomic E-state index is 0.161. The quantitative estimate of drug-likeness (QED) is 0.817. The topological polar surface area (TPSA) is 72.2 Å². The van der Waals surface area contributed by atoms with Crippen molar-refractivity contribution in [3.05, 3.63) is 29.6 Å². The number of nitrogens with one attached hydrogen (secondary N) is 1. The van der Waals surface area contributed by atoms with Crippen LogP contribution in [0.25, 0.3) is 0 Å². The van der Waals surface area contributed by atoms with Gasteiger partial charge in [0.25, 0.3) is 0 Å². The molecule has 116 valence electrons. The van der Waals surface area contributed by atoms with Crippen molar-refractivity contribution in [2.45, 2.75) is 44.0 Å². The Morgan fingerprint density at radius 3 is 2.43 bits per heavy atom. The number of sulfonamides is 1. The van der Waals surface area contributed by atoms with E-state index in [2.05, 4.69) is 16.6 Å². The maximum atomic E-state index is 14.0. The van der Waals surface area contributed by atoms with E-state index in [0.717, 1.165) is 6.07 Å². The lowest BCUT2D eigenvalue weighted by Crippen LogP contribution is -2.45. The summed E-state index contributed by atoms with van der Waals surface area (Å²) in [7, 11) is -3.91. The Morgan fingerprint density at radius 2 is 1.95 bits per heavy atom. The van der Waals surface area contributed by atoms with Crippen LogP contribution in [0.2, 0.25) is 0 Å². The van der Waals surface area contributed by atoms with Crippen LogP contribution < -0.4 is 10.5 Å². The molecule has 4 nitrogen and oxygen atoms in total. The molecule has 0 bridgehead atoms. The first-order valence-electron chi connectivity index (χ1n) is 6.80. The van der Waals surface area contributed by atoms with Gasteiger partial charge in [-0.3, -0.25) is 0 Å². The van der Waals surface area contributed by atoms with Crippen LogP contribution in [0.15, 0.2) is 23.1 Å². The van der Waals surface area contributed by atoms with Crippen LogP contribution in [-0.4, -0.2) is 20.5 Å². The number of nitrogens with two attached hydrogens (primary N) is 1. The van der Waals surface area contributed by atoms with Gasteiger partial charge in [-0.15, -0.1) is 0 Å². The third-order valence-electron chi connectivity index (χ3n) is 3.50. The van der Waals surface area contributed by atoms with E-state index in [0.29, 0.717) is 18.4 Å². The molecule has 1 aromatic carbocycles. The summed E-state index contributed by atoms with van der Waals surface area (Å²) in [4.78, 5) is -0.367. The predicted octanol–water partition coefficient (Wildman–Crippen LogP) is 1.99. The highest BCUT2D eigenvalue weighted by atomic mass is 32.2. The monoisotopic (exact) mass is 312 g/mol. The molecule has 0 fully saturated rings. The molecule has 0 aromatic heterocycles. The van der Waals surface area contributed by atoms with Gasteiger partial charge in [-0.25, -0.2) is 17.5 Å². The first-order valence-corrected chi connectivity index (χ1v) is 8.28. The van der Waals surface area contributed by atoms with Gasteiger partial charge in [-0.05, 0) is 38.0 Å². The third kappa shape index (κ3) is 4.53. The smallest absolute Gasteiger partial charge is 0.243 e. The predicted molar refractivity (Wildman–Crippen MR) is 81.6 cm³/mol. The second-order valence-electron chi connectivity index (χ2n) is 5.02. The van der Waals surface area contributed by atoms with E-state index in [1.54, 1.807) is 6.92 Å². The fourth-order valence-electron chi connectivity index (χ4n) is 1.72. The van der Waals surface area contributed by atoms with Gasteiger partial charge in [0.1, 0.15) is 10.7 Å². The summed E-state index contributed by atoms with van der Waals surface area (Å²) >= 11 is 0. The third-order valence-corrected chi connectivity index (χ3v) is 5.17. The summed E-state index contributed by atoms with van der Waals surface area (Å²) in [6, 6.07) is 3.80. The molecule has 0 spiro atoms. The minimum Gasteiger partial charge on any atom is -0.320 e. The maximum absolute atomic E-state index is 14.0. The number of hydrogen-bond donors (Lipinski definition) is 2. The first kappa shape index (κ1) is 17.6. The second-order valence-corrected chi connectivity index (χ2v) is 6.68. The Hall–Kier alpha value is -1.42. The van der Waals surface area contributed by atoms with E-state index >= 15 is 0 Å². The van der Waals surface area contributed by atoms with Gasteiger partial charge in [0.15, 0.2) is 0 Å². The number of benzene rings is 1. The van der Waals surface area contributed by atoms with Gasteiger partial charge in [0.2, 0.25) is 10.0 Å². The van der Waals surface area contributed by atoms with Crippen LogP contribution in [0.5, 0.6) is 0 Å². The molecule has 1 aromatic rings. The molecule has 0 unspecified atom stereocenters. The molecule has 1 rings (SSSR count). The summed E-state index contributed by atoms with van der Waals surface area (Å²) in [5.41, 5.74) is 5.04. The summed E-state index contributed by atoms with van der Waals surface area (Å²) in [6.45, 7) is 5.72. The van der Waals surface area contributed by atoms with Crippen LogP contribution in [-0.2, 0) is 10.0 Å². The zero-order chi connectivity index (χ0) is 16.1. The van der Waals surface area contributed by atoms with Crippen molar-refractivity contribution < 1.29 is 12.8 Å². The average molecular weight is 312 g/mol. The normalized spacial score (nSPS) is 11.9. The molecule has 0 amide bonds. The van der Waals surface area contributed by atoms with E-state index in [-0.39, 0.29) is 11.4 Å². The van der Waals surface area contributed by atoms with Crippen molar-refractivity contribution in [2.75, 3.05) is 6.54 Å². The van der Waals surface area contributed by atoms with E-state index in [1.165, 1.54) is 12.1 Å². The Bertz CT molecular complexity index is 656. The molecule has 0 heterocycles. The summed E-state index contributed by atoms with van der Waals surface area (Å²) in [5.74, 6) is 4.44. The zero-order valence-electron chi connectivity index (χ0n) is 12.5. The molecule has 0 atom stereocenters. The number of halogens is 1. The van der Waals surface area contributed by atoms with Crippen LogP contribution in [0.1, 0.15) is 39.2 Å². The van der Waals surface area contributed by atoms with Crippen molar-refractivity contribution in [3.8, 4) is 11.8 Å². The molecule has 0 radical (unpaired) electrons. The van der Waals surface area contributed by atoms with Gasteiger partial charge in [-0.1, -0.05) is 25.7 Å². The lowest BCUT2D eigenvalue weighted by molar-refractivity contribution is 0.387. The SMILES string of the molecule is CCC(C)(CC)NS(=O)(=O)c1ccc(C#CCN)cc1F. The fraction of sp³-hybridized carbons (Fsp3) is 0.467. The van der Waals surface area contributed by atoms with Crippen molar-refractivity contribution in [1.82, 2.24) is 4.72 Å². The molecule has 21 heavy (non-hydrogen) atoms. The maximum Gasteiger partial charge on any atom is 0.243 e. The van der Waals surface area contributed by atoms with Crippen molar-refractivity contribution in [1.29, 1.82) is 0 Å². The van der Waals surface area contributed by atoms with Crippen LogP contribution >= 0.6 is 0 Å². The van der Waals surface area contributed by atoms with Crippen LogP contribution in [0.3, 0.4) is 0 Å². The van der Waals surface area contributed by atoms with E-state index in [9.17, 15) is 12.8 Å². The molecule has 3 N–H and O–H groups in total. The lowest BCUT2D eigenvalue weighted by atomic mass is 9.98. The standard InChI is InChI=1S/C15H21FN2O2S/c1-4-15(3,5-2)18-21(19,20)14-9-8-12(7-6-10-17)11-13(14)16/h8-9,11,18H,4-5,10,17H2,1-3H3. The molecule has 0 saturated carbocycles. The van der Waals surface area contributed by atoms with Crippen molar-refractivity contribution >= 4 is 10.0 Å².